The molecule has 0 aromatic rings. The highest BCUT2D eigenvalue weighted by atomic mass is 16.1. The van der Waals surface area contributed by atoms with Crippen LogP contribution in [0.5, 0.6) is 0 Å². The second-order valence-corrected chi connectivity index (χ2v) is 5.20. The van der Waals surface area contributed by atoms with Crippen molar-refractivity contribution in [2.24, 2.45) is 5.73 Å². The van der Waals surface area contributed by atoms with Crippen molar-refractivity contribution in [1.29, 1.82) is 0 Å². The maximum absolute atomic E-state index is 10.7. The minimum Gasteiger partial charge on any atom is -0.370 e. The first kappa shape index (κ1) is 17.1. The van der Waals surface area contributed by atoms with Gasteiger partial charge in [0.1, 0.15) is 5.78 Å². The van der Waals surface area contributed by atoms with Crippen LogP contribution in [0.15, 0.2) is 0 Å². The summed E-state index contributed by atoms with van der Waals surface area (Å²) in [5.41, 5.74) is 5.07. The van der Waals surface area contributed by atoms with Gasteiger partial charge in [-0.2, -0.15) is 0 Å². The van der Waals surface area contributed by atoms with Crippen molar-refractivity contribution in [3.63, 3.8) is 0 Å². The van der Waals surface area contributed by atoms with E-state index < -0.39 is 0 Å². The van der Waals surface area contributed by atoms with Crippen LogP contribution < -0.4 is 5.73 Å². The van der Waals surface area contributed by atoms with E-state index in [1.807, 2.05) is 0 Å². The molecule has 18 heavy (non-hydrogen) atoms. The van der Waals surface area contributed by atoms with Crippen LogP contribution in [0.2, 0.25) is 0 Å². The smallest absolute Gasteiger partial charge is 0.217 e. The highest BCUT2D eigenvalue weighted by molar-refractivity contribution is 5.75. The number of ketones is 1. The Morgan fingerprint density at radius 1 is 0.667 bits per heavy atom. The number of carbonyl (C=O) groups is 2. The second-order valence-electron chi connectivity index (χ2n) is 5.20. The van der Waals surface area contributed by atoms with E-state index in [4.69, 9.17) is 5.73 Å². The topological polar surface area (TPSA) is 60.2 Å². The molecule has 0 aromatic heterocycles. The largest absolute Gasteiger partial charge is 0.370 e. The summed E-state index contributed by atoms with van der Waals surface area (Å²) in [6, 6.07) is 0. The molecule has 0 radical (unpaired) electrons. The van der Waals surface area contributed by atoms with Gasteiger partial charge in [0.25, 0.3) is 0 Å². The second kappa shape index (κ2) is 12.6. The molecule has 1 amide bonds. The zero-order valence-electron chi connectivity index (χ0n) is 11.9. The third kappa shape index (κ3) is 15.1. The number of nitrogens with two attached hydrogens (primary N) is 1. The lowest BCUT2D eigenvalue weighted by Crippen LogP contribution is -2.09. The fourth-order valence-electron chi connectivity index (χ4n) is 2.09. The van der Waals surface area contributed by atoms with E-state index >= 15 is 0 Å². The van der Waals surface area contributed by atoms with E-state index in [0.29, 0.717) is 12.2 Å². The van der Waals surface area contributed by atoms with Crippen molar-refractivity contribution in [1.82, 2.24) is 0 Å². The van der Waals surface area contributed by atoms with Gasteiger partial charge in [0.2, 0.25) is 5.91 Å². The molecule has 0 heterocycles. The molecule has 106 valence electrons. The van der Waals surface area contributed by atoms with Crippen LogP contribution in [0, 0.1) is 0 Å². The molecule has 0 saturated heterocycles. The normalized spacial score (nSPS) is 10.5. The van der Waals surface area contributed by atoms with Gasteiger partial charge < -0.3 is 10.5 Å². The van der Waals surface area contributed by atoms with Gasteiger partial charge in [0, 0.05) is 12.8 Å². The predicted octanol–water partition coefficient (Wildman–Crippen LogP) is 3.74. The first-order valence-corrected chi connectivity index (χ1v) is 7.40. The van der Waals surface area contributed by atoms with E-state index in [0.717, 1.165) is 25.7 Å². The molecule has 3 heteroatoms. The van der Waals surface area contributed by atoms with Crippen LogP contribution in [-0.2, 0) is 9.59 Å². The maximum atomic E-state index is 10.7. The number of rotatable bonds is 13. The van der Waals surface area contributed by atoms with Crippen molar-refractivity contribution < 1.29 is 9.59 Å². The number of hydrogen-bond donors (Lipinski definition) is 1. The molecule has 0 aliphatic carbocycles. The molecular formula is C15H29NO2. The Hall–Kier alpha value is -0.860. The van der Waals surface area contributed by atoms with E-state index in [1.54, 1.807) is 6.92 Å². The third-order valence-corrected chi connectivity index (χ3v) is 3.20. The van der Waals surface area contributed by atoms with Crippen molar-refractivity contribution in [3.05, 3.63) is 0 Å². The Morgan fingerprint density at radius 3 is 1.33 bits per heavy atom. The summed E-state index contributed by atoms with van der Waals surface area (Å²) in [6.45, 7) is 1.66. The third-order valence-electron chi connectivity index (χ3n) is 3.20. The van der Waals surface area contributed by atoms with Crippen molar-refractivity contribution >= 4 is 11.7 Å². The molecule has 0 fully saturated rings. The Balaban J connectivity index is 2.99. The van der Waals surface area contributed by atoms with E-state index in [2.05, 4.69) is 0 Å². The molecule has 0 unspecified atom stereocenters. The highest BCUT2D eigenvalue weighted by Crippen LogP contribution is 2.11. The molecule has 0 spiro atoms. The summed E-state index contributed by atoms with van der Waals surface area (Å²) < 4.78 is 0. The number of amides is 1. The van der Waals surface area contributed by atoms with Crippen molar-refractivity contribution in [2.45, 2.75) is 84.0 Å². The Kier molecular flexibility index (Phi) is 12.0. The molecule has 0 aliphatic rings. The van der Waals surface area contributed by atoms with Crippen LogP contribution in [-0.4, -0.2) is 11.7 Å². The maximum Gasteiger partial charge on any atom is 0.217 e. The van der Waals surface area contributed by atoms with Crippen molar-refractivity contribution in [3.8, 4) is 0 Å². The first-order chi connectivity index (χ1) is 8.63. The molecule has 0 saturated carbocycles. The summed E-state index contributed by atoms with van der Waals surface area (Å²) in [5.74, 6) is 0.131. The summed E-state index contributed by atoms with van der Waals surface area (Å²) in [4.78, 5) is 21.2. The Morgan fingerprint density at radius 2 is 1.00 bits per heavy atom. The lowest BCUT2D eigenvalue weighted by molar-refractivity contribution is -0.118. The zero-order valence-corrected chi connectivity index (χ0v) is 11.9. The monoisotopic (exact) mass is 255 g/mol. The van der Waals surface area contributed by atoms with Gasteiger partial charge in [-0.1, -0.05) is 51.4 Å². The minimum absolute atomic E-state index is 0.180. The average Bonchev–Trinajstić information content (AvgIpc) is 2.29. The summed E-state index contributed by atoms with van der Waals surface area (Å²) in [6.07, 6.45) is 13.2. The van der Waals surface area contributed by atoms with Gasteiger partial charge >= 0.3 is 0 Å². The SMILES string of the molecule is CC(=O)CCCCCCCCCCCCC(N)=O. The molecule has 3 nitrogen and oxygen atoms in total. The quantitative estimate of drug-likeness (QED) is 0.510. The van der Waals surface area contributed by atoms with E-state index in [9.17, 15) is 9.59 Å². The van der Waals surface area contributed by atoms with Gasteiger partial charge in [0.15, 0.2) is 0 Å². The zero-order chi connectivity index (χ0) is 13.6. The highest BCUT2D eigenvalue weighted by Gasteiger charge is 1.96. The number of Topliss-reactive ketones (excluding diaryl/α,β-unsaturated/α-hetero) is 1. The summed E-state index contributed by atoms with van der Waals surface area (Å²) in [7, 11) is 0. The number of primary amides is 1. The molecule has 2 N–H and O–H groups in total. The molecule has 0 bridgehead atoms. The predicted molar refractivity (Wildman–Crippen MR) is 75.3 cm³/mol. The lowest BCUT2D eigenvalue weighted by atomic mass is 10.0. The number of hydrogen-bond acceptors (Lipinski definition) is 2. The summed E-state index contributed by atoms with van der Waals surface area (Å²) in [5, 5.41) is 0. The van der Waals surface area contributed by atoms with E-state index in [1.165, 1.54) is 44.9 Å². The van der Waals surface area contributed by atoms with Gasteiger partial charge in [-0.15, -0.1) is 0 Å². The molecular weight excluding hydrogens is 226 g/mol. The van der Waals surface area contributed by atoms with Crippen LogP contribution in [0.25, 0.3) is 0 Å². The van der Waals surface area contributed by atoms with E-state index in [-0.39, 0.29) is 5.91 Å². The van der Waals surface area contributed by atoms with Gasteiger partial charge in [-0.25, -0.2) is 0 Å². The van der Waals surface area contributed by atoms with Gasteiger partial charge in [-0.05, 0) is 19.8 Å². The first-order valence-electron chi connectivity index (χ1n) is 7.40. The Labute approximate surface area is 112 Å². The van der Waals surface area contributed by atoms with Gasteiger partial charge in [0.05, 0.1) is 0 Å². The lowest BCUT2D eigenvalue weighted by Gasteiger charge is -2.02. The van der Waals surface area contributed by atoms with Gasteiger partial charge in [-0.3, -0.25) is 4.79 Å². The molecule has 0 atom stereocenters. The van der Waals surface area contributed by atoms with Crippen LogP contribution in [0.3, 0.4) is 0 Å². The fraction of sp³-hybridized carbons (Fsp3) is 0.867. The number of unbranched alkanes of at least 4 members (excludes halogenated alkanes) is 9. The van der Waals surface area contributed by atoms with Crippen LogP contribution >= 0.6 is 0 Å². The van der Waals surface area contributed by atoms with Crippen molar-refractivity contribution in [2.75, 3.05) is 0 Å². The summed E-state index contributed by atoms with van der Waals surface area (Å²) >= 11 is 0. The fourth-order valence-corrected chi connectivity index (χ4v) is 2.09. The molecule has 0 rings (SSSR count). The molecule has 0 aliphatic heterocycles. The Bertz CT molecular complexity index is 203. The average molecular weight is 255 g/mol. The molecule has 0 aromatic carbocycles. The van der Waals surface area contributed by atoms with Crippen LogP contribution in [0.4, 0.5) is 0 Å². The number of carbonyl (C=O) groups excluding carboxylic acids is 2. The standard InChI is InChI=1S/C15H29NO2/c1-14(17)12-10-8-6-4-2-3-5-7-9-11-13-15(16)18/h2-13H2,1H3,(H2,16,18). The minimum atomic E-state index is -0.180. The van der Waals surface area contributed by atoms with Crippen LogP contribution in [0.1, 0.15) is 84.0 Å².